The van der Waals surface area contributed by atoms with Crippen LogP contribution in [0.15, 0.2) is 29.3 Å². The molecule has 0 aliphatic rings. The van der Waals surface area contributed by atoms with Crippen LogP contribution in [0.3, 0.4) is 0 Å². The molecule has 1 rings (SSSR count). The molecule has 1 aromatic carbocycles. The Morgan fingerprint density at radius 3 is 2.56 bits per heavy atom. The Morgan fingerprint density at radius 1 is 1.22 bits per heavy atom. The molecule has 0 aromatic heterocycles. The average Bonchev–Trinajstić information content (AvgIpc) is 2.64. The smallest absolute Gasteiger partial charge is 0.251 e. The van der Waals surface area contributed by atoms with Gasteiger partial charge in [-0.25, -0.2) is 0 Å². The van der Waals surface area contributed by atoms with Gasteiger partial charge in [0.15, 0.2) is 5.96 Å². The van der Waals surface area contributed by atoms with E-state index in [0.717, 1.165) is 44.0 Å². The second-order valence-corrected chi connectivity index (χ2v) is 7.42. The molecule has 0 aliphatic heterocycles. The molecule has 27 heavy (non-hydrogen) atoms. The molecule has 1 aromatic rings. The Labute approximate surface area is 164 Å². The highest BCUT2D eigenvalue weighted by Gasteiger charge is 2.13. The van der Waals surface area contributed by atoms with Crippen molar-refractivity contribution in [2.45, 2.75) is 39.7 Å². The second-order valence-electron chi connectivity index (χ2n) is 7.42. The maximum absolute atomic E-state index is 11.8. The first-order valence-electron chi connectivity index (χ1n) is 9.87. The molecular weight excluding hydrogens is 338 g/mol. The summed E-state index contributed by atoms with van der Waals surface area (Å²) in [6.45, 7) is 8.93. The molecule has 0 spiro atoms. The monoisotopic (exact) mass is 375 g/mol. The largest absolute Gasteiger partial charge is 0.357 e. The molecule has 0 fully saturated rings. The van der Waals surface area contributed by atoms with E-state index < -0.39 is 0 Å². The zero-order chi connectivity index (χ0) is 20.2. The zero-order valence-corrected chi connectivity index (χ0v) is 17.8. The molecule has 0 saturated carbocycles. The molecule has 0 heterocycles. The lowest BCUT2D eigenvalue weighted by molar-refractivity contribution is 0.0963. The number of guanidine groups is 1. The van der Waals surface area contributed by atoms with E-state index in [4.69, 9.17) is 4.99 Å². The number of nitrogens with zero attached hydrogens (tertiary/aromatic N) is 2. The van der Waals surface area contributed by atoms with Crippen LogP contribution in [0.2, 0.25) is 0 Å². The summed E-state index contributed by atoms with van der Waals surface area (Å²) in [7, 11) is 5.88. The van der Waals surface area contributed by atoms with Crippen LogP contribution in [0, 0.1) is 5.92 Å². The second kappa shape index (κ2) is 12.3. The number of likely N-dealkylation sites (N-methyl/N-ethyl adjacent to an activating group) is 1. The van der Waals surface area contributed by atoms with Crippen LogP contribution >= 0.6 is 0 Å². The van der Waals surface area contributed by atoms with Gasteiger partial charge in [0.1, 0.15) is 0 Å². The molecule has 0 radical (unpaired) electrons. The van der Waals surface area contributed by atoms with E-state index >= 15 is 0 Å². The molecule has 3 N–H and O–H groups in total. The molecular formula is C21H37N5O. The maximum atomic E-state index is 11.8. The van der Waals surface area contributed by atoms with Gasteiger partial charge in [0.2, 0.25) is 0 Å². The lowest BCUT2D eigenvalue weighted by Crippen LogP contribution is -2.40. The molecule has 6 nitrogen and oxygen atoms in total. The van der Waals surface area contributed by atoms with Crippen molar-refractivity contribution in [3.8, 4) is 0 Å². The van der Waals surface area contributed by atoms with Gasteiger partial charge in [0, 0.05) is 31.7 Å². The van der Waals surface area contributed by atoms with E-state index in [1.165, 1.54) is 0 Å². The summed E-state index contributed by atoms with van der Waals surface area (Å²) >= 11 is 0. The van der Waals surface area contributed by atoms with Crippen molar-refractivity contribution in [3.05, 3.63) is 35.4 Å². The molecule has 1 amide bonds. The van der Waals surface area contributed by atoms with Crippen LogP contribution < -0.4 is 16.0 Å². The fourth-order valence-corrected chi connectivity index (χ4v) is 2.87. The lowest BCUT2D eigenvalue weighted by Gasteiger charge is -2.24. The van der Waals surface area contributed by atoms with Crippen LogP contribution in [0.1, 0.15) is 43.1 Å². The van der Waals surface area contributed by atoms with E-state index in [2.05, 4.69) is 55.7 Å². The van der Waals surface area contributed by atoms with Gasteiger partial charge < -0.3 is 20.9 Å². The van der Waals surface area contributed by atoms with Crippen molar-refractivity contribution in [2.24, 2.45) is 10.9 Å². The van der Waals surface area contributed by atoms with Crippen LogP contribution in [0.4, 0.5) is 0 Å². The van der Waals surface area contributed by atoms with Crippen molar-refractivity contribution < 1.29 is 4.79 Å². The molecule has 6 heteroatoms. The van der Waals surface area contributed by atoms with Gasteiger partial charge in [-0.3, -0.25) is 9.79 Å². The summed E-state index contributed by atoms with van der Waals surface area (Å²) in [5, 5.41) is 9.37. The first-order valence-corrected chi connectivity index (χ1v) is 9.87. The summed E-state index contributed by atoms with van der Waals surface area (Å²) in [6.07, 6.45) is 1.96. The third-order valence-corrected chi connectivity index (χ3v) is 4.40. The van der Waals surface area contributed by atoms with Crippen LogP contribution in [0.25, 0.3) is 0 Å². The molecule has 152 valence electrons. The van der Waals surface area contributed by atoms with Crippen LogP contribution in [0.5, 0.6) is 0 Å². The molecule has 1 atom stereocenters. The number of carbonyl (C=O) groups excluding carboxylic acids is 1. The quantitative estimate of drug-likeness (QED) is 0.433. The number of hydrogen-bond acceptors (Lipinski definition) is 3. The fourth-order valence-electron chi connectivity index (χ4n) is 2.87. The van der Waals surface area contributed by atoms with Crippen molar-refractivity contribution in [1.29, 1.82) is 0 Å². The highest BCUT2D eigenvalue weighted by atomic mass is 16.1. The fraction of sp³-hybridized carbons (Fsp3) is 0.619. The molecule has 1 unspecified atom stereocenters. The molecule has 0 saturated heterocycles. The molecule has 0 bridgehead atoms. The Balaban J connectivity index is 2.63. The summed E-state index contributed by atoms with van der Waals surface area (Å²) in [6, 6.07) is 8.17. The maximum Gasteiger partial charge on any atom is 0.251 e. The van der Waals surface area contributed by atoms with Crippen molar-refractivity contribution >= 4 is 11.9 Å². The van der Waals surface area contributed by atoms with Gasteiger partial charge >= 0.3 is 0 Å². The van der Waals surface area contributed by atoms with Crippen molar-refractivity contribution in [3.63, 3.8) is 0 Å². The van der Waals surface area contributed by atoms with Gasteiger partial charge in [0.05, 0.1) is 6.54 Å². The van der Waals surface area contributed by atoms with Gasteiger partial charge in [-0.1, -0.05) is 26.0 Å². The standard InChI is InChI=1S/C21H37N5O/c1-7-23-21(25-15-19(26(5)6)13-16(2)3)24-12-11-17-9-8-10-18(14-17)20(27)22-4/h8-10,14,16,19H,7,11-13,15H2,1-6H3,(H,22,27)(H2,23,24,25). The number of amides is 1. The third-order valence-electron chi connectivity index (χ3n) is 4.40. The SMILES string of the molecule is CCNC(=NCC(CC(C)C)N(C)C)NCCc1cccc(C(=O)NC)c1. The topological polar surface area (TPSA) is 68.8 Å². The third kappa shape index (κ3) is 8.91. The lowest BCUT2D eigenvalue weighted by atomic mass is 10.0. The first kappa shape index (κ1) is 23.0. The Morgan fingerprint density at radius 2 is 1.96 bits per heavy atom. The van der Waals surface area contributed by atoms with E-state index in [1.807, 2.05) is 24.3 Å². The summed E-state index contributed by atoms with van der Waals surface area (Å²) in [4.78, 5) is 18.8. The highest BCUT2D eigenvalue weighted by Crippen LogP contribution is 2.09. The summed E-state index contributed by atoms with van der Waals surface area (Å²) < 4.78 is 0. The molecule has 0 aliphatic carbocycles. The van der Waals surface area contributed by atoms with Gasteiger partial charge in [-0.05, 0) is 57.5 Å². The number of benzene rings is 1. The number of aliphatic imine (C=N–C) groups is 1. The Kier molecular flexibility index (Phi) is 10.5. The number of hydrogen-bond donors (Lipinski definition) is 3. The number of nitrogens with one attached hydrogen (secondary N) is 3. The first-order chi connectivity index (χ1) is 12.9. The van der Waals surface area contributed by atoms with Crippen LogP contribution in [-0.4, -0.2) is 63.6 Å². The van der Waals surface area contributed by atoms with E-state index in [0.29, 0.717) is 17.5 Å². The number of rotatable bonds is 10. The summed E-state index contributed by atoms with van der Waals surface area (Å²) in [5.74, 6) is 1.44. The minimum absolute atomic E-state index is 0.0559. The summed E-state index contributed by atoms with van der Waals surface area (Å²) in [5.41, 5.74) is 1.82. The highest BCUT2D eigenvalue weighted by molar-refractivity contribution is 5.94. The van der Waals surface area contributed by atoms with Crippen LogP contribution in [-0.2, 0) is 6.42 Å². The predicted molar refractivity (Wildman–Crippen MR) is 114 cm³/mol. The van der Waals surface area contributed by atoms with Gasteiger partial charge in [-0.2, -0.15) is 0 Å². The van der Waals surface area contributed by atoms with E-state index in [9.17, 15) is 4.79 Å². The normalized spacial score (nSPS) is 13.0. The minimum atomic E-state index is -0.0559. The van der Waals surface area contributed by atoms with Gasteiger partial charge in [-0.15, -0.1) is 0 Å². The van der Waals surface area contributed by atoms with E-state index in [1.54, 1.807) is 7.05 Å². The minimum Gasteiger partial charge on any atom is -0.357 e. The van der Waals surface area contributed by atoms with Crippen molar-refractivity contribution in [2.75, 3.05) is 40.8 Å². The average molecular weight is 376 g/mol. The Bertz CT molecular complexity index is 598. The number of carbonyl (C=O) groups is 1. The zero-order valence-electron chi connectivity index (χ0n) is 17.8. The van der Waals surface area contributed by atoms with Crippen molar-refractivity contribution in [1.82, 2.24) is 20.9 Å². The van der Waals surface area contributed by atoms with Gasteiger partial charge in [0.25, 0.3) is 5.91 Å². The van der Waals surface area contributed by atoms with E-state index in [-0.39, 0.29) is 5.91 Å². The predicted octanol–water partition coefficient (Wildman–Crippen LogP) is 2.12. The Hall–Kier alpha value is -2.08.